The van der Waals surface area contributed by atoms with E-state index in [0.29, 0.717) is 26.4 Å². The molecule has 0 fully saturated rings. The smallest absolute Gasteiger partial charge is 0.0430 e. The van der Waals surface area contributed by atoms with Crippen molar-refractivity contribution >= 4 is 0 Å². The van der Waals surface area contributed by atoms with Crippen LogP contribution in [0.5, 0.6) is 0 Å². The molecule has 0 saturated heterocycles. The first-order chi connectivity index (χ1) is 11.1. The quantitative estimate of drug-likeness (QED) is 0.461. The Morgan fingerprint density at radius 3 is 0.542 bits per heavy atom. The Morgan fingerprint density at radius 2 is 0.542 bits per heavy atom. The van der Waals surface area contributed by atoms with E-state index < -0.39 is 0 Å². The maximum absolute atomic E-state index is 8.07. The number of aliphatic hydroxyl groups is 4. The zero-order chi connectivity index (χ0) is 19.2. The van der Waals surface area contributed by atoms with Crippen molar-refractivity contribution in [1.82, 2.24) is 0 Å². The molecule has 0 aliphatic heterocycles. The molecule has 0 spiro atoms. The van der Waals surface area contributed by atoms with Gasteiger partial charge < -0.3 is 20.4 Å². The summed E-state index contributed by atoms with van der Waals surface area (Å²) in [5, 5.41) is 32.3. The molecule has 0 rings (SSSR count). The molecule has 0 unspecified atom stereocenters. The van der Waals surface area contributed by atoms with E-state index in [1.807, 2.05) is 0 Å². The van der Waals surface area contributed by atoms with Crippen molar-refractivity contribution in [2.75, 3.05) is 26.4 Å². The first-order valence-corrected chi connectivity index (χ1v) is 9.51. The molecular weight excluding hydrogens is 340 g/mol. The molecule has 0 aromatic carbocycles. The fourth-order valence-electron chi connectivity index (χ4n) is 0.632. The standard InChI is InChI=1S/4C4H10O.C3H8.Ti/c4*1-2-3-4-5;1-3-2;/h4*5H,2-4H2,1H3;3H2,1-2H3;. The van der Waals surface area contributed by atoms with E-state index in [1.165, 1.54) is 6.42 Å². The van der Waals surface area contributed by atoms with Gasteiger partial charge in [0.25, 0.3) is 0 Å². The first-order valence-electron chi connectivity index (χ1n) is 9.51. The van der Waals surface area contributed by atoms with Crippen LogP contribution in [0.15, 0.2) is 0 Å². The summed E-state index contributed by atoms with van der Waals surface area (Å²) in [6.07, 6.45) is 9.40. The molecule has 0 atom stereocenters. The van der Waals surface area contributed by atoms with Crippen molar-refractivity contribution in [2.45, 2.75) is 99.3 Å². The van der Waals surface area contributed by atoms with Gasteiger partial charge in [-0.25, -0.2) is 0 Å². The van der Waals surface area contributed by atoms with Crippen molar-refractivity contribution in [3.8, 4) is 0 Å². The van der Waals surface area contributed by atoms with E-state index in [1.54, 1.807) is 0 Å². The molecule has 0 aromatic rings. The SMILES string of the molecule is CCC.CCCCO.CCCCO.CCCCO.CCCCO.[Ti]. The Balaban J connectivity index is -0.0000000422. The van der Waals surface area contributed by atoms with Gasteiger partial charge in [-0.2, -0.15) is 0 Å². The van der Waals surface area contributed by atoms with Crippen LogP contribution in [0.2, 0.25) is 0 Å². The van der Waals surface area contributed by atoms with Gasteiger partial charge in [-0.1, -0.05) is 73.6 Å². The predicted molar refractivity (Wildman–Crippen MR) is 104 cm³/mol. The van der Waals surface area contributed by atoms with Crippen LogP contribution in [0.3, 0.4) is 0 Å². The van der Waals surface area contributed by atoms with Gasteiger partial charge in [-0.05, 0) is 25.7 Å². The number of hydrogen-bond donors (Lipinski definition) is 4. The summed E-state index contributed by atoms with van der Waals surface area (Å²) in [4.78, 5) is 0. The van der Waals surface area contributed by atoms with Crippen LogP contribution >= 0.6 is 0 Å². The summed E-state index contributed by atoms with van der Waals surface area (Å²) in [5.41, 5.74) is 0. The van der Waals surface area contributed by atoms with Crippen molar-refractivity contribution in [1.29, 1.82) is 0 Å². The Labute approximate surface area is 168 Å². The molecule has 0 bridgehead atoms. The average Bonchev–Trinajstić information content (AvgIpc) is 2.53. The van der Waals surface area contributed by atoms with Gasteiger partial charge in [0.2, 0.25) is 0 Å². The molecule has 0 aromatic heterocycles. The Bertz CT molecular complexity index is 85.5. The minimum absolute atomic E-state index is 0. The third-order valence-corrected chi connectivity index (χ3v) is 2.05. The van der Waals surface area contributed by atoms with E-state index in [9.17, 15) is 0 Å². The van der Waals surface area contributed by atoms with Crippen molar-refractivity contribution < 1.29 is 42.1 Å². The van der Waals surface area contributed by atoms with Crippen LogP contribution in [0, 0.1) is 0 Å². The summed E-state index contributed by atoms with van der Waals surface area (Å²) < 4.78 is 0. The minimum Gasteiger partial charge on any atom is -0.396 e. The molecule has 4 N–H and O–H groups in total. The molecule has 0 aliphatic carbocycles. The molecule has 0 saturated carbocycles. The normalized spacial score (nSPS) is 7.75. The maximum Gasteiger partial charge on any atom is 0.0430 e. The largest absolute Gasteiger partial charge is 0.396 e. The van der Waals surface area contributed by atoms with Gasteiger partial charge >= 0.3 is 0 Å². The van der Waals surface area contributed by atoms with E-state index >= 15 is 0 Å². The minimum atomic E-state index is 0. The number of rotatable bonds is 8. The average molecular weight is 388 g/mol. The maximum atomic E-state index is 8.07. The van der Waals surface area contributed by atoms with E-state index in [-0.39, 0.29) is 21.7 Å². The van der Waals surface area contributed by atoms with Gasteiger partial charge in [0.05, 0.1) is 0 Å². The summed E-state index contributed by atoms with van der Waals surface area (Å²) in [7, 11) is 0. The molecule has 152 valence electrons. The summed E-state index contributed by atoms with van der Waals surface area (Å²) in [6, 6.07) is 0. The third kappa shape index (κ3) is 143. The van der Waals surface area contributed by atoms with Gasteiger partial charge in [-0.3, -0.25) is 0 Å². The molecule has 0 amide bonds. The van der Waals surface area contributed by atoms with Gasteiger partial charge in [0, 0.05) is 48.1 Å². The van der Waals surface area contributed by atoms with E-state index in [2.05, 4.69) is 41.5 Å². The monoisotopic (exact) mass is 388 g/mol. The van der Waals surface area contributed by atoms with Crippen LogP contribution in [0.25, 0.3) is 0 Å². The zero-order valence-corrected chi connectivity index (χ0v) is 19.0. The molecule has 0 radical (unpaired) electrons. The van der Waals surface area contributed by atoms with Crippen LogP contribution in [0.4, 0.5) is 0 Å². The number of unbranched alkanes of at least 4 members (excludes halogenated alkanes) is 4. The van der Waals surface area contributed by atoms with Crippen LogP contribution in [-0.2, 0) is 21.7 Å². The molecule has 0 heterocycles. The zero-order valence-electron chi connectivity index (χ0n) is 17.5. The van der Waals surface area contributed by atoms with E-state index in [0.717, 1.165) is 51.4 Å². The Morgan fingerprint density at radius 1 is 0.417 bits per heavy atom. The molecular formula is C19H48O4Ti. The van der Waals surface area contributed by atoms with Crippen LogP contribution in [-0.4, -0.2) is 46.9 Å². The first kappa shape index (κ1) is 39.6. The van der Waals surface area contributed by atoms with Gasteiger partial charge in [0.15, 0.2) is 0 Å². The number of hydrogen-bond acceptors (Lipinski definition) is 4. The van der Waals surface area contributed by atoms with Crippen molar-refractivity contribution in [3.05, 3.63) is 0 Å². The summed E-state index contributed by atoms with van der Waals surface area (Å²) >= 11 is 0. The second-order valence-corrected chi connectivity index (χ2v) is 5.02. The van der Waals surface area contributed by atoms with Crippen LogP contribution < -0.4 is 0 Å². The second kappa shape index (κ2) is 65.2. The van der Waals surface area contributed by atoms with Gasteiger partial charge in [-0.15, -0.1) is 0 Å². The molecule has 0 aliphatic rings. The Hall–Kier alpha value is 0.554. The fraction of sp³-hybridized carbons (Fsp3) is 1.00. The predicted octanol–water partition coefficient (Wildman–Crippen LogP) is 4.53. The van der Waals surface area contributed by atoms with Crippen LogP contribution in [0.1, 0.15) is 99.3 Å². The number of aliphatic hydroxyl groups excluding tert-OH is 4. The molecule has 24 heavy (non-hydrogen) atoms. The van der Waals surface area contributed by atoms with E-state index in [4.69, 9.17) is 20.4 Å². The second-order valence-electron chi connectivity index (χ2n) is 5.02. The van der Waals surface area contributed by atoms with Gasteiger partial charge in [0.1, 0.15) is 0 Å². The van der Waals surface area contributed by atoms with Crippen molar-refractivity contribution in [3.63, 3.8) is 0 Å². The van der Waals surface area contributed by atoms with Crippen molar-refractivity contribution in [2.24, 2.45) is 0 Å². The third-order valence-electron chi connectivity index (χ3n) is 2.05. The topological polar surface area (TPSA) is 80.9 Å². The Kier molecular flexibility index (Phi) is 108. The molecule has 4 nitrogen and oxygen atoms in total. The summed E-state index contributed by atoms with van der Waals surface area (Å²) in [5.74, 6) is 0. The summed E-state index contributed by atoms with van der Waals surface area (Å²) in [6.45, 7) is 13.8. The molecule has 5 heteroatoms. The fourth-order valence-corrected chi connectivity index (χ4v) is 0.632.